The second-order valence-electron chi connectivity index (χ2n) is 7.59. The number of fused-ring (bicyclic) bond motifs is 1. The van der Waals surface area contributed by atoms with Crippen LogP contribution in [-0.2, 0) is 20.7 Å². The molecule has 0 bridgehead atoms. The number of nitrogens with zero attached hydrogens (tertiary/aromatic N) is 2. The molecule has 154 valence electrons. The summed E-state index contributed by atoms with van der Waals surface area (Å²) >= 11 is 1.58. The van der Waals surface area contributed by atoms with Crippen molar-refractivity contribution in [2.75, 3.05) is 25.9 Å². The van der Waals surface area contributed by atoms with E-state index in [2.05, 4.69) is 32.9 Å². The maximum Gasteiger partial charge on any atom is 0.438 e. The van der Waals surface area contributed by atoms with Crippen LogP contribution in [0.5, 0.6) is 5.75 Å². The standard InChI is InChI=1S/C22H26N2O4S/c1-22(2,3)16-10-11-19-17(12-16)23-20(13-28-19)29-14-15-8-6-7-9-18(15)24(27-5)21(25)26-4/h6-12H,13-14H2,1-5H3. The number of ether oxygens (including phenoxy) is 2. The van der Waals surface area contributed by atoms with Crippen LogP contribution < -0.4 is 9.80 Å². The van der Waals surface area contributed by atoms with Crippen molar-refractivity contribution in [2.24, 2.45) is 4.99 Å². The molecule has 0 aliphatic carbocycles. The molecule has 1 aliphatic rings. The van der Waals surface area contributed by atoms with E-state index in [1.54, 1.807) is 11.8 Å². The van der Waals surface area contributed by atoms with Gasteiger partial charge in [0.05, 0.1) is 19.9 Å². The van der Waals surface area contributed by atoms with Crippen molar-refractivity contribution in [3.05, 3.63) is 53.6 Å². The average Bonchev–Trinajstić information content (AvgIpc) is 2.72. The second kappa shape index (κ2) is 8.88. The van der Waals surface area contributed by atoms with Crippen LogP contribution in [0.2, 0.25) is 0 Å². The van der Waals surface area contributed by atoms with E-state index in [-0.39, 0.29) is 5.41 Å². The number of anilines is 1. The van der Waals surface area contributed by atoms with Gasteiger partial charge in [0.25, 0.3) is 0 Å². The molecule has 0 atom stereocenters. The molecule has 0 saturated heterocycles. The summed E-state index contributed by atoms with van der Waals surface area (Å²) in [5.74, 6) is 1.42. The van der Waals surface area contributed by atoms with E-state index in [9.17, 15) is 4.79 Å². The number of carbonyl (C=O) groups excluding carboxylic acids is 1. The van der Waals surface area contributed by atoms with Crippen molar-refractivity contribution < 1.29 is 19.1 Å². The van der Waals surface area contributed by atoms with Gasteiger partial charge in [0.1, 0.15) is 23.1 Å². The number of aliphatic imine (C=N–C) groups is 1. The summed E-state index contributed by atoms with van der Waals surface area (Å²) in [5, 5.41) is 2.03. The predicted octanol–water partition coefficient (Wildman–Crippen LogP) is 5.47. The van der Waals surface area contributed by atoms with E-state index >= 15 is 0 Å². The smallest absolute Gasteiger partial charge is 0.438 e. The molecule has 1 heterocycles. The van der Waals surface area contributed by atoms with Gasteiger partial charge >= 0.3 is 6.09 Å². The second-order valence-corrected chi connectivity index (χ2v) is 8.64. The Balaban J connectivity index is 1.80. The molecule has 6 nitrogen and oxygen atoms in total. The molecule has 2 aromatic carbocycles. The topological polar surface area (TPSA) is 60.4 Å². The summed E-state index contributed by atoms with van der Waals surface area (Å²) in [4.78, 5) is 22.0. The van der Waals surface area contributed by atoms with E-state index in [0.717, 1.165) is 27.1 Å². The minimum Gasteiger partial charge on any atom is -0.484 e. The van der Waals surface area contributed by atoms with E-state index in [0.29, 0.717) is 18.0 Å². The van der Waals surface area contributed by atoms with Gasteiger partial charge in [0, 0.05) is 5.75 Å². The van der Waals surface area contributed by atoms with Gasteiger partial charge in [0.2, 0.25) is 0 Å². The van der Waals surface area contributed by atoms with Gasteiger partial charge in [-0.2, -0.15) is 5.06 Å². The third-order valence-corrected chi connectivity index (χ3v) is 5.55. The third-order valence-electron chi connectivity index (χ3n) is 4.55. The molecule has 2 aromatic rings. The van der Waals surface area contributed by atoms with Gasteiger partial charge in [-0.1, -0.05) is 45.0 Å². The number of rotatable bonds is 4. The Morgan fingerprint density at radius 2 is 1.97 bits per heavy atom. The first-order valence-electron chi connectivity index (χ1n) is 9.31. The van der Waals surface area contributed by atoms with Gasteiger partial charge in [-0.3, -0.25) is 4.84 Å². The molecule has 1 aliphatic heterocycles. The first-order valence-corrected chi connectivity index (χ1v) is 10.3. The highest BCUT2D eigenvalue weighted by atomic mass is 32.2. The van der Waals surface area contributed by atoms with E-state index in [1.165, 1.54) is 19.8 Å². The number of hydroxylamine groups is 1. The average molecular weight is 415 g/mol. The van der Waals surface area contributed by atoms with Crippen molar-refractivity contribution >= 4 is 34.3 Å². The van der Waals surface area contributed by atoms with Gasteiger partial charge in [-0.05, 0) is 34.7 Å². The molecular weight excluding hydrogens is 388 g/mol. The zero-order valence-electron chi connectivity index (χ0n) is 17.4. The van der Waals surface area contributed by atoms with Crippen LogP contribution in [0.4, 0.5) is 16.2 Å². The van der Waals surface area contributed by atoms with Crippen molar-refractivity contribution in [3.63, 3.8) is 0 Å². The molecule has 0 N–H and O–H groups in total. The minimum atomic E-state index is -0.577. The van der Waals surface area contributed by atoms with E-state index < -0.39 is 6.09 Å². The highest BCUT2D eigenvalue weighted by molar-refractivity contribution is 8.13. The Bertz CT molecular complexity index is 921. The number of hydrogen-bond acceptors (Lipinski definition) is 6. The summed E-state index contributed by atoms with van der Waals surface area (Å²) in [6.45, 7) is 6.96. The fraction of sp³-hybridized carbons (Fsp3) is 0.364. The molecule has 0 aromatic heterocycles. The summed E-state index contributed by atoms with van der Waals surface area (Å²) in [5.41, 5.74) is 3.69. The number of thioether (sulfide) groups is 1. The van der Waals surface area contributed by atoms with Crippen LogP contribution in [0.25, 0.3) is 0 Å². The number of hydrogen-bond donors (Lipinski definition) is 0. The van der Waals surface area contributed by atoms with Crippen LogP contribution >= 0.6 is 11.8 Å². The van der Waals surface area contributed by atoms with Crippen LogP contribution in [0.15, 0.2) is 47.5 Å². The molecule has 0 fully saturated rings. The first kappa shape index (κ1) is 21.2. The van der Waals surface area contributed by atoms with Crippen molar-refractivity contribution in [2.45, 2.75) is 31.9 Å². The Hall–Kier alpha value is -2.51. The number of carbonyl (C=O) groups is 1. The zero-order valence-corrected chi connectivity index (χ0v) is 18.2. The SMILES string of the molecule is COC(=O)N(OC)c1ccccc1CSC1=Nc2cc(C(C)(C)C)ccc2OC1. The molecular formula is C22H26N2O4S. The number of amides is 1. The zero-order chi connectivity index (χ0) is 21.0. The Labute approximate surface area is 175 Å². The highest BCUT2D eigenvalue weighted by Gasteiger charge is 2.21. The quantitative estimate of drug-likeness (QED) is 0.621. The molecule has 3 rings (SSSR count). The number of methoxy groups -OCH3 is 1. The Morgan fingerprint density at radius 3 is 2.66 bits per heavy atom. The largest absolute Gasteiger partial charge is 0.484 e. The monoisotopic (exact) mass is 414 g/mol. The lowest BCUT2D eigenvalue weighted by atomic mass is 9.87. The first-order chi connectivity index (χ1) is 13.8. The van der Waals surface area contributed by atoms with Gasteiger partial charge in [-0.25, -0.2) is 9.79 Å². The summed E-state index contributed by atoms with van der Waals surface area (Å²) in [6.07, 6.45) is -0.577. The van der Waals surface area contributed by atoms with Crippen LogP contribution in [0.1, 0.15) is 31.9 Å². The molecule has 0 unspecified atom stereocenters. The van der Waals surface area contributed by atoms with Gasteiger partial charge in [-0.15, -0.1) is 11.8 Å². The molecule has 7 heteroatoms. The van der Waals surface area contributed by atoms with Crippen molar-refractivity contribution in [1.29, 1.82) is 0 Å². The van der Waals surface area contributed by atoms with Gasteiger partial charge in [0.15, 0.2) is 0 Å². The Morgan fingerprint density at radius 1 is 1.21 bits per heavy atom. The summed E-state index contributed by atoms with van der Waals surface area (Å²) in [7, 11) is 2.76. The lowest BCUT2D eigenvalue weighted by Crippen LogP contribution is -2.30. The highest BCUT2D eigenvalue weighted by Crippen LogP contribution is 2.37. The molecule has 0 radical (unpaired) electrons. The van der Waals surface area contributed by atoms with Gasteiger partial charge < -0.3 is 9.47 Å². The summed E-state index contributed by atoms with van der Waals surface area (Å²) in [6, 6.07) is 13.7. The molecule has 0 spiro atoms. The van der Waals surface area contributed by atoms with Crippen molar-refractivity contribution in [3.8, 4) is 5.75 Å². The fourth-order valence-electron chi connectivity index (χ4n) is 2.92. The molecule has 1 amide bonds. The van der Waals surface area contributed by atoms with Crippen LogP contribution in [0, 0.1) is 0 Å². The predicted molar refractivity (Wildman–Crippen MR) is 117 cm³/mol. The van der Waals surface area contributed by atoms with E-state index in [1.807, 2.05) is 30.3 Å². The molecule has 29 heavy (non-hydrogen) atoms. The maximum absolute atomic E-state index is 12.0. The third kappa shape index (κ3) is 4.92. The van der Waals surface area contributed by atoms with Crippen LogP contribution in [0.3, 0.4) is 0 Å². The van der Waals surface area contributed by atoms with E-state index in [4.69, 9.17) is 19.3 Å². The lowest BCUT2D eigenvalue weighted by Gasteiger charge is -2.23. The normalized spacial score (nSPS) is 13.2. The Kier molecular flexibility index (Phi) is 6.49. The molecule has 0 saturated carbocycles. The minimum absolute atomic E-state index is 0.0474. The summed E-state index contributed by atoms with van der Waals surface area (Å²) < 4.78 is 10.7. The van der Waals surface area contributed by atoms with Crippen molar-refractivity contribution in [1.82, 2.24) is 0 Å². The lowest BCUT2D eigenvalue weighted by molar-refractivity contribution is 0.115. The number of benzene rings is 2. The number of para-hydroxylation sites is 1. The van der Waals surface area contributed by atoms with Crippen LogP contribution in [-0.4, -0.2) is 32.0 Å². The maximum atomic E-state index is 12.0. The fourth-order valence-corrected chi connectivity index (χ4v) is 3.79.